The third-order valence-electron chi connectivity index (χ3n) is 4.65. The lowest BCUT2D eigenvalue weighted by molar-refractivity contribution is -0.116. The highest BCUT2D eigenvalue weighted by atomic mass is 16.6. The number of rotatable bonds is 3. The van der Waals surface area contributed by atoms with E-state index in [-0.39, 0.29) is 29.3 Å². The van der Waals surface area contributed by atoms with Crippen molar-refractivity contribution in [2.24, 2.45) is 5.92 Å². The van der Waals surface area contributed by atoms with Crippen molar-refractivity contribution in [1.29, 1.82) is 0 Å². The molecule has 0 aromatic heterocycles. The van der Waals surface area contributed by atoms with E-state index in [1.807, 2.05) is 6.08 Å². The third kappa shape index (κ3) is 1.51. The molecule has 17 heavy (non-hydrogen) atoms. The molecule has 96 valence electrons. The molecule has 2 heterocycles. The minimum atomic E-state index is -0.425. The first-order chi connectivity index (χ1) is 8.07. The molecule has 2 saturated heterocycles. The minimum Gasteiger partial charge on any atom is -0.390 e. The van der Waals surface area contributed by atoms with E-state index in [4.69, 9.17) is 14.2 Å². The molecule has 3 fully saturated rings. The Morgan fingerprint density at radius 1 is 1.53 bits per heavy atom. The van der Waals surface area contributed by atoms with E-state index < -0.39 is 6.10 Å². The van der Waals surface area contributed by atoms with Crippen molar-refractivity contribution in [3.63, 3.8) is 0 Å². The van der Waals surface area contributed by atoms with Crippen LogP contribution in [0.2, 0.25) is 0 Å². The molecule has 0 aromatic rings. The van der Waals surface area contributed by atoms with Gasteiger partial charge in [0.15, 0.2) is 0 Å². The molecule has 4 heteroatoms. The molecule has 1 spiro atoms. The Labute approximate surface area is 102 Å². The lowest BCUT2D eigenvalue weighted by Gasteiger charge is -2.41. The molecule has 0 radical (unpaired) electrons. The highest BCUT2D eigenvalue weighted by molar-refractivity contribution is 5.22. The summed E-state index contributed by atoms with van der Waals surface area (Å²) in [6.45, 7) is 6.61. The van der Waals surface area contributed by atoms with Gasteiger partial charge in [-0.3, -0.25) is 0 Å². The van der Waals surface area contributed by atoms with E-state index in [1.165, 1.54) is 0 Å². The van der Waals surface area contributed by atoms with Crippen molar-refractivity contribution in [3.05, 3.63) is 12.7 Å². The van der Waals surface area contributed by atoms with Gasteiger partial charge in [-0.25, -0.2) is 0 Å². The molecular weight excluding hydrogens is 220 g/mol. The summed E-state index contributed by atoms with van der Waals surface area (Å²) in [6.07, 6.45) is 2.87. The average molecular weight is 240 g/mol. The van der Waals surface area contributed by atoms with E-state index >= 15 is 0 Å². The highest BCUT2D eigenvalue weighted by Gasteiger charge is 2.71. The van der Waals surface area contributed by atoms with Gasteiger partial charge in [-0.1, -0.05) is 6.08 Å². The van der Waals surface area contributed by atoms with Gasteiger partial charge in [-0.15, -0.1) is 6.58 Å². The second kappa shape index (κ2) is 3.54. The van der Waals surface area contributed by atoms with Crippen LogP contribution in [0, 0.1) is 5.92 Å². The molecule has 0 unspecified atom stereocenters. The van der Waals surface area contributed by atoms with Crippen LogP contribution in [0.1, 0.15) is 19.8 Å². The number of epoxide rings is 2. The Morgan fingerprint density at radius 2 is 2.24 bits per heavy atom. The van der Waals surface area contributed by atoms with Gasteiger partial charge in [0.1, 0.15) is 11.7 Å². The first-order valence-electron chi connectivity index (χ1n) is 6.22. The number of hydrogen-bond acceptors (Lipinski definition) is 4. The van der Waals surface area contributed by atoms with E-state index in [2.05, 4.69) is 13.5 Å². The zero-order valence-corrected chi connectivity index (χ0v) is 10.4. The fourth-order valence-corrected chi connectivity index (χ4v) is 3.56. The zero-order chi connectivity index (χ0) is 12.3. The van der Waals surface area contributed by atoms with Crippen LogP contribution in [-0.2, 0) is 14.2 Å². The Bertz CT molecular complexity index is 338. The van der Waals surface area contributed by atoms with E-state index in [1.54, 1.807) is 7.11 Å². The lowest BCUT2D eigenvalue weighted by Crippen LogP contribution is -2.54. The normalized spacial score (nSPS) is 56.9. The zero-order valence-electron chi connectivity index (χ0n) is 10.4. The van der Waals surface area contributed by atoms with Gasteiger partial charge in [0.25, 0.3) is 0 Å². The van der Waals surface area contributed by atoms with Crippen LogP contribution in [0.5, 0.6) is 0 Å². The molecule has 4 nitrogen and oxygen atoms in total. The number of methoxy groups -OCH3 is 1. The topological polar surface area (TPSA) is 54.5 Å². The van der Waals surface area contributed by atoms with Crippen LogP contribution in [0.4, 0.5) is 0 Å². The van der Waals surface area contributed by atoms with Crippen molar-refractivity contribution < 1.29 is 19.3 Å². The SMILES string of the molecule is C=C[C@H]1O[C@@]1(C)[C@H]1[C@H](OC)[C@H](O)CC[C@]12CO2. The molecule has 1 aliphatic carbocycles. The second-order valence-electron chi connectivity index (χ2n) is 5.60. The monoisotopic (exact) mass is 240 g/mol. The molecule has 6 atom stereocenters. The lowest BCUT2D eigenvalue weighted by atomic mass is 9.68. The first kappa shape index (κ1) is 11.7. The molecule has 0 bridgehead atoms. The molecule has 1 N–H and O–H groups in total. The van der Waals surface area contributed by atoms with Crippen LogP contribution in [0.25, 0.3) is 0 Å². The molecule has 0 aromatic carbocycles. The number of aliphatic hydroxyl groups excluding tert-OH is 1. The standard InChI is InChI=1S/C13H20O4/c1-4-9-12(2,17-9)11-10(15-3)8(14)5-6-13(11)7-16-13/h4,8-11,14H,1,5-7H2,2-3H3/t8-,9-,10-,11-,12-,13+/m1/s1. The predicted molar refractivity (Wildman–Crippen MR) is 61.7 cm³/mol. The maximum Gasteiger partial charge on any atom is 0.105 e. The highest BCUT2D eigenvalue weighted by Crippen LogP contribution is 2.58. The largest absolute Gasteiger partial charge is 0.390 e. The maximum absolute atomic E-state index is 10.1. The van der Waals surface area contributed by atoms with Gasteiger partial charge in [0.2, 0.25) is 0 Å². The minimum absolute atomic E-state index is 0.0523. The van der Waals surface area contributed by atoms with Crippen molar-refractivity contribution in [2.45, 2.75) is 49.3 Å². The fourth-order valence-electron chi connectivity index (χ4n) is 3.56. The van der Waals surface area contributed by atoms with Gasteiger partial charge in [-0.2, -0.15) is 0 Å². The summed E-state index contributed by atoms with van der Waals surface area (Å²) in [6, 6.07) is 0. The average Bonchev–Trinajstić information content (AvgIpc) is 3.21. The third-order valence-corrected chi connectivity index (χ3v) is 4.65. The van der Waals surface area contributed by atoms with Crippen LogP contribution in [0.15, 0.2) is 12.7 Å². The van der Waals surface area contributed by atoms with Gasteiger partial charge >= 0.3 is 0 Å². The first-order valence-corrected chi connectivity index (χ1v) is 6.22. The Hall–Kier alpha value is -0.420. The molecule has 3 aliphatic rings. The number of aliphatic hydroxyl groups is 1. The smallest absolute Gasteiger partial charge is 0.105 e. The Morgan fingerprint density at radius 3 is 2.71 bits per heavy atom. The van der Waals surface area contributed by atoms with Crippen molar-refractivity contribution in [3.8, 4) is 0 Å². The van der Waals surface area contributed by atoms with E-state index in [0.717, 1.165) is 19.4 Å². The van der Waals surface area contributed by atoms with Crippen molar-refractivity contribution >= 4 is 0 Å². The van der Waals surface area contributed by atoms with Gasteiger partial charge < -0.3 is 19.3 Å². The van der Waals surface area contributed by atoms with Crippen LogP contribution >= 0.6 is 0 Å². The summed E-state index contributed by atoms with van der Waals surface area (Å²) in [5.41, 5.74) is -0.424. The summed E-state index contributed by atoms with van der Waals surface area (Å²) in [5, 5.41) is 10.1. The number of hydrogen-bond donors (Lipinski definition) is 1. The summed E-state index contributed by atoms with van der Waals surface area (Å²) < 4.78 is 17.0. The quantitative estimate of drug-likeness (QED) is 0.588. The summed E-state index contributed by atoms with van der Waals surface area (Å²) in [5.74, 6) is 0.0896. The van der Waals surface area contributed by atoms with E-state index in [0.29, 0.717) is 0 Å². The molecule has 0 amide bonds. The summed E-state index contributed by atoms with van der Waals surface area (Å²) in [7, 11) is 1.65. The Balaban J connectivity index is 1.90. The molecule has 1 saturated carbocycles. The van der Waals surface area contributed by atoms with Crippen LogP contribution in [-0.4, -0.2) is 48.3 Å². The van der Waals surface area contributed by atoms with Crippen LogP contribution < -0.4 is 0 Å². The summed E-state index contributed by atoms with van der Waals surface area (Å²) >= 11 is 0. The van der Waals surface area contributed by atoms with E-state index in [9.17, 15) is 5.11 Å². The fraction of sp³-hybridized carbons (Fsp3) is 0.846. The second-order valence-corrected chi connectivity index (χ2v) is 5.60. The Kier molecular flexibility index (Phi) is 2.43. The van der Waals surface area contributed by atoms with Crippen LogP contribution in [0.3, 0.4) is 0 Å². The van der Waals surface area contributed by atoms with Gasteiger partial charge in [0, 0.05) is 7.11 Å². The van der Waals surface area contributed by atoms with Crippen molar-refractivity contribution in [2.75, 3.05) is 13.7 Å². The van der Waals surface area contributed by atoms with Crippen molar-refractivity contribution in [1.82, 2.24) is 0 Å². The molecule has 2 aliphatic heterocycles. The number of ether oxygens (including phenoxy) is 3. The molecule has 3 rings (SSSR count). The molecular formula is C13H20O4. The summed E-state index contributed by atoms with van der Waals surface area (Å²) in [4.78, 5) is 0. The maximum atomic E-state index is 10.1. The van der Waals surface area contributed by atoms with Gasteiger partial charge in [-0.05, 0) is 19.8 Å². The predicted octanol–water partition coefficient (Wildman–Crippen LogP) is 0.885. The van der Waals surface area contributed by atoms with Gasteiger partial charge in [0.05, 0.1) is 30.3 Å².